The zero-order chi connectivity index (χ0) is 20.6. The van der Waals surface area contributed by atoms with Gasteiger partial charge in [0.2, 0.25) is 5.91 Å². The van der Waals surface area contributed by atoms with Crippen LogP contribution >= 0.6 is 0 Å². The van der Waals surface area contributed by atoms with Crippen LogP contribution in [0.25, 0.3) is 0 Å². The fraction of sp³-hybridized carbons (Fsp3) is 0.600. The molecule has 2 saturated heterocycles. The maximum Gasteiger partial charge on any atom is 0.255 e. The first kappa shape index (κ1) is 20.3. The second kappa shape index (κ2) is 7.70. The van der Waals surface area contributed by atoms with E-state index in [1.165, 1.54) is 4.90 Å². The smallest absolute Gasteiger partial charge is 0.255 e. The van der Waals surface area contributed by atoms with Crippen LogP contribution in [-0.2, 0) is 30.7 Å². The first-order valence-corrected chi connectivity index (χ1v) is 12.0. The van der Waals surface area contributed by atoms with Crippen LogP contribution in [0.1, 0.15) is 35.2 Å². The summed E-state index contributed by atoms with van der Waals surface area (Å²) in [6.07, 6.45) is 2.39. The third-order valence-corrected chi connectivity index (χ3v) is 6.90. The van der Waals surface area contributed by atoms with Crippen molar-refractivity contribution in [2.45, 2.75) is 37.6 Å². The molecular formula is C20H26N2O6S. The van der Waals surface area contributed by atoms with E-state index < -0.39 is 21.7 Å². The van der Waals surface area contributed by atoms with Gasteiger partial charge in [-0.15, -0.1) is 0 Å². The van der Waals surface area contributed by atoms with Gasteiger partial charge in [0.15, 0.2) is 5.79 Å². The Morgan fingerprint density at radius 2 is 1.83 bits per heavy atom. The van der Waals surface area contributed by atoms with Crippen LogP contribution in [0.4, 0.5) is 0 Å². The fourth-order valence-corrected chi connectivity index (χ4v) is 4.98. The minimum Gasteiger partial charge on any atom is -0.347 e. The quantitative estimate of drug-likeness (QED) is 0.697. The Hall–Kier alpha value is -1.97. The van der Waals surface area contributed by atoms with Gasteiger partial charge in [-0.2, -0.15) is 0 Å². The van der Waals surface area contributed by atoms with Crippen LogP contribution in [0, 0.1) is 0 Å². The van der Waals surface area contributed by atoms with Gasteiger partial charge in [-0.25, -0.2) is 8.42 Å². The Kier molecular flexibility index (Phi) is 5.39. The molecule has 9 heteroatoms. The zero-order valence-electron chi connectivity index (χ0n) is 16.5. The van der Waals surface area contributed by atoms with Crippen molar-refractivity contribution in [1.29, 1.82) is 0 Å². The van der Waals surface area contributed by atoms with Gasteiger partial charge in [0.05, 0.1) is 19.0 Å². The van der Waals surface area contributed by atoms with E-state index in [-0.39, 0.29) is 24.0 Å². The van der Waals surface area contributed by atoms with E-state index in [2.05, 4.69) is 0 Å². The predicted molar refractivity (Wildman–Crippen MR) is 105 cm³/mol. The SMILES string of the molecule is CS(=O)(=O)CCC(C(=O)N1CCC2(CC1)OCCO2)N1Cc2ccccc2C1=O. The zero-order valence-corrected chi connectivity index (χ0v) is 17.3. The van der Waals surface area contributed by atoms with Crippen LogP contribution in [-0.4, -0.2) is 80.2 Å². The molecule has 0 saturated carbocycles. The summed E-state index contributed by atoms with van der Waals surface area (Å²) < 4.78 is 34.9. The Morgan fingerprint density at radius 3 is 2.45 bits per heavy atom. The molecule has 3 heterocycles. The molecular weight excluding hydrogens is 396 g/mol. The number of rotatable bonds is 5. The Bertz CT molecular complexity index is 899. The Labute approximate surface area is 170 Å². The minimum atomic E-state index is -3.26. The summed E-state index contributed by atoms with van der Waals surface area (Å²) in [6.45, 7) is 2.36. The summed E-state index contributed by atoms with van der Waals surface area (Å²) in [6, 6.07) is 6.46. The highest BCUT2D eigenvalue weighted by atomic mass is 32.2. The lowest BCUT2D eigenvalue weighted by molar-refractivity contribution is -0.188. The van der Waals surface area contributed by atoms with E-state index in [0.717, 1.165) is 11.8 Å². The highest BCUT2D eigenvalue weighted by Gasteiger charge is 2.44. The molecule has 29 heavy (non-hydrogen) atoms. The van der Waals surface area contributed by atoms with Crippen molar-refractivity contribution >= 4 is 21.7 Å². The maximum absolute atomic E-state index is 13.4. The Balaban J connectivity index is 1.51. The van der Waals surface area contributed by atoms with Crippen LogP contribution < -0.4 is 0 Å². The van der Waals surface area contributed by atoms with E-state index in [1.807, 2.05) is 12.1 Å². The number of piperidine rings is 1. The third-order valence-electron chi connectivity index (χ3n) is 5.92. The summed E-state index contributed by atoms with van der Waals surface area (Å²) in [7, 11) is -3.26. The second-order valence-corrected chi connectivity index (χ2v) is 10.2. The average Bonchev–Trinajstić information content (AvgIpc) is 3.27. The first-order valence-electron chi connectivity index (χ1n) is 9.91. The van der Waals surface area contributed by atoms with Crippen molar-refractivity contribution < 1.29 is 27.5 Å². The van der Waals surface area contributed by atoms with Gasteiger partial charge >= 0.3 is 0 Å². The molecule has 0 aliphatic carbocycles. The third kappa shape index (κ3) is 4.17. The summed E-state index contributed by atoms with van der Waals surface area (Å²) in [5.74, 6) is -1.17. The molecule has 0 aromatic heterocycles. The number of carbonyl (C=O) groups excluding carboxylic acids is 2. The number of carbonyl (C=O) groups is 2. The second-order valence-electron chi connectivity index (χ2n) is 7.96. The molecule has 0 bridgehead atoms. The monoisotopic (exact) mass is 422 g/mol. The highest BCUT2D eigenvalue weighted by Crippen LogP contribution is 2.33. The number of benzene rings is 1. The van der Waals surface area contributed by atoms with Gasteiger partial charge in [0.1, 0.15) is 15.9 Å². The molecule has 158 valence electrons. The van der Waals surface area contributed by atoms with Crippen LogP contribution in [0.3, 0.4) is 0 Å². The normalized spacial score (nSPS) is 22.2. The van der Waals surface area contributed by atoms with Crippen LogP contribution in [0.2, 0.25) is 0 Å². The van der Waals surface area contributed by atoms with Crippen molar-refractivity contribution in [3.8, 4) is 0 Å². The molecule has 0 N–H and O–H groups in total. The van der Waals surface area contributed by atoms with E-state index in [0.29, 0.717) is 51.3 Å². The number of sulfone groups is 1. The summed E-state index contributed by atoms with van der Waals surface area (Å²) in [4.78, 5) is 29.5. The molecule has 0 radical (unpaired) electrons. The molecule has 8 nitrogen and oxygen atoms in total. The lowest BCUT2D eigenvalue weighted by Crippen LogP contribution is -2.54. The van der Waals surface area contributed by atoms with Crippen molar-refractivity contribution in [3.63, 3.8) is 0 Å². The van der Waals surface area contributed by atoms with Crippen molar-refractivity contribution in [2.75, 3.05) is 38.3 Å². The van der Waals surface area contributed by atoms with E-state index in [4.69, 9.17) is 9.47 Å². The largest absolute Gasteiger partial charge is 0.347 e. The van der Waals surface area contributed by atoms with Crippen LogP contribution in [0.15, 0.2) is 24.3 Å². The molecule has 3 aliphatic heterocycles. The predicted octanol–water partition coefficient (Wildman–Crippen LogP) is 0.811. The molecule has 2 fully saturated rings. The lowest BCUT2D eigenvalue weighted by Gasteiger charge is -2.40. The first-order chi connectivity index (χ1) is 13.8. The number of hydrogen-bond acceptors (Lipinski definition) is 6. The maximum atomic E-state index is 13.4. The van der Waals surface area contributed by atoms with E-state index >= 15 is 0 Å². The topological polar surface area (TPSA) is 93.2 Å². The Morgan fingerprint density at radius 1 is 1.17 bits per heavy atom. The lowest BCUT2D eigenvalue weighted by atomic mass is 10.0. The minimum absolute atomic E-state index is 0.0893. The molecule has 2 amide bonds. The summed E-state index contributed by atoms with van der Waals surface area (Å²) in [5.41, 5.74) is 1.44. The number of nitrogens with zero attached hydrogens (tertiary/aromatic N) is 2. The fourth-order valence-electron chi connectivity index (χ4n) is 4.33. The standard InChI is InChI=1S/C20H26N2O6S/c1-29(25,26)13-6-17(22-14-15-4-2-3-5-16(15)18(22)23)19(24)21-9-7-20(8-10-21)27-11-12-28-20/h2-5,17H,6-14H2,1H3. The molecule has 1 atom stereocenters. The number of likely N-dealkylation sites (tertiary alicyclic amines) is 1. The van der Waals surface area contributed by atoms with Gasteiger partial charge in [-0.1, -0.05) is 18.2 Å². The number of amides is 2. The van der Waals surface area contributed by atoms with Crippen LogP contribution in [0.5, 0.6) is 0 Å². The molecule has 1 unspecified atom stereocenters. The van der Waals surface area contributed by atoms with Crippen molar-refractivity contribution in [1.82, 2.24) is 9.80 Å². The number of fused-ring (bicyclic) bond motifs is 1. The molecule has 1 spiro atoms. The summed E-state index contributed by atoms with van der Waals surface area (Å²) >= 11 is 0. The highest BCUT2D eigenvalue weighted by molar-refractivity contribution is 7.90. The van der Waals surface area contributed by atoms with Crippen molar-refractivity contribution in [3.05, 3.63) is 35.4 Å². The van der Waals surface area contributed by atoms with Crippen molar-refractivity contribution in [2.24, 2.45) is 0 Å². The van der Waals surface area contributed by atoms with Gasteiger partial charge in [0.25, 0.3) is 5.91 Å². The number of hydrogen-bond donors (Lipinski definition) is 0. The average molecular weight is 423 g/mol. The molecule has 4 rings (SSSR count). The van der Waals surface area contributed by atoms with E-state index in [1.54, 1.807) is 17.0 Å². The van der Waals surface area contributed by atoms with Gasteiger partial charge in [-0.05, 0) is 18.1 Å². The summed E-state index contributed by atoms with van der Waals surface area (Å²) in [5, 5.41) is 0. The van der Waals surface area contributed by atoms with Gasteiger partial charge in [-0.3, -0.25) is 9.59 Å². The van der Waals surface area contributed by atoms with Gasteiger partial charge < -0.3 is 19.3 Å². The number of ether oxygens (including phenoxy) is 2. The molecule has 1 aromatic carbocycles. The van der Waals surface area contributed by atoms with E-state index in [9.17, 15) is 18.0 Å². The van der Waals surface area contributed by atoms with Gasteiger partial charge in [0, 0.05) is 44.3 Å². The molecule has 1 aromatic rings. The molecule has 3 aliphatic rings.